The van der Waals surface area contributed by atoms with Crippen LogP contribution in [0.2, 0.25) is 0 Å². The van der Waals surface area contributed by atoms with E-state index in [2.05, 4.69) is 6.92 Å². The molecule has 0 heterocycles. The van der Waals surface area contributed by atoms with Crippen molar-refractivity contribution in [3.8, 4) is 5.75 Å². The summed E-state index contributed by atoms with van der Waals surface area (Å²) in [6, 6.07) is 6.29. The van der Waals surface area contributed by atoms with Gasteiger partial charge in [-0.3, -0.25) is 0 Å². The highest BCUT2D eigenvalue weighted by Gasteiger charge is 2.30. The summed E-state index contributed by atoms with van der Waals surface area (Å²) in [5.41, 5.74) is 5.85. The molecule has 1 aromatic carbocycles. The number of benzene rings is 1. The minimum Gasteiger partial charge on any atom is -0.490 e. The molecular formula is C16H24FNO. The Morgan fingerprint density at radius 3 is 2.63 bits per heavy atom. The van der Waals surface area contributed by atoms with E-state index in [0.29, 0.717) is 12.5 Å². The summed E-state index contributed by atoms with van der Waals surface area (Å²) in [7, 11) is 0. The molecule has 1 aliphatic carbocycles. The average Bonchev–Trinajstić information content (AvgIpc) is 2.42. The first-order valence-electron chi connectivity index (χ1n) is 7.35. The van der Waals surface area contributed by atoms with Crippen molar-refractivity contribution in [2.75, 3.05) is 6.54 Å². The number of halogens is 1. The van der Waals surface area contributed by atoms with Crippen molar-refractivity contribution in [2.24, 2.45) is 17.6 Å². The van der Waals surface area contributed by atoms with Gasteiger partial charge in [-0.25, -0.2) is 4.39 Å². The summed E-state index contributed by atoms with van der Waals surface area (Å²) >= 11 is 0. The number of nitrogens with two attached hydrogens (primary N) is 1. The normalized spacial score (nSPS) is 27.2. The van der Waals surface area contributed by atoms with Gasteiger partial charge < -0.3 is 10.5 Å². The Balaban J connectivity index is 1.99. The first-order valence-corrected chi connectivity index (χ1v) is 7.35. The molecule has 3 atom stereocenters. The largest absolute Gasteiger partial charge is 0.490 e. The van der Waals surface area contributed by atoms with Gasteiger partial charge in [0.25, 0.3) is 0 Å². The lowest BCUT2D eigenvalue weighted by Gasteiger charge is -2.35. The molecule has 0 radical (unpaired) electrons. The Kier molecular flexibility index (Phi) is 5.20. The Morgan fingerprint density at radius 1 is 1.26 bits per heavy atom. The van der Waals surface area contributed by atoms with Crippen molar-refractivity contribution >= 4 is 0 Å². The molecule has 2 nitrogen and oxygen atoms in total. The lowest BCUT2D eigenvalue weighted by molar-refractivity contribution is 0.0668. The molecule has 1 aliphatic rings. The van der Waals surface area contributed by atoms with E-state index in [1.165, 1.54) is 31.4 Å². The molecule has 3 unspecified atom stereocenters. The Hall–Kier alpha value is -1.09. The Bertz CT molecular complexity index is 379. The second kappa shape index (κ2) is 6.90. The first kappa shape index (κ1) is 14.3. The highest BCUT2D eigenvalue weighted by atomic mass is 19.1. The fourth-order valence-corrected chi connectivity index (χ4v) is 3.05. The van der Waals surface area contributed by atoms with Crippen LogP contribution in [0.25, 0.3) is 0 Å². The SMILES string of the molecule is CCCC1CCC(CN)C(Oc2ccc(F)cc2)C1. The standard InChI is InChI=1S/C16H24FNO/c1-2-3-12-4-5-13(11-18)16(10-12)19-15-8-6-14(17)7-9-15/h6-9,12-13,16H,2-5,10-11,18H2,1H3. The average molecular weight is 265 g/mol. The molecule has 0 aliphatic heterocycles. The van der Waals surface area contributed by atoms with Gasteiger partial charge in [-0.1, -0.05) is 19.8 Å². The summed E-state index contributed by atoms with van der Waals surface area (Å²) < 4.78 is 18.9. The highest BCUT2D eigenvalue weighted by molar-refractivity contribution is 5.22. The monoisotopic (exact) mass is 265 g/mol. The minimum atomic E-state index is -0.227. The van der Waals surface area contributed by atoms with Gasteiger partial charge in [-0.15, -0.1) is 0 Å². The van der Waals surface area contributed by atoms with E-state index in [9.17, 15) is 4.39 Å². The van der Waals surface area contributed by atoms with Crippen molar-refractivity contribution in [2.45, 2.75) is 45.1 Å². The smallest absolute Gasteiger partial charge is 0.123 e. The molecular weight excluding hydrogens is 241 g/mol. The fourth-order valence-electron chi connectivity index (χ4n) is 3.05. The lowest BCUT2D eigenvalue weighted by Crippen LogP contribution is -2.38. The summed E-state index contributed by atoms with van der Waals surface area (Å²) in [6.45, 7) is 2.90. The molecule has 0 aromatic heterocycles. The molecule has 0 bridgehead atoms. The maximum absolute atomic E-state index is 12.9. The zero-order valence-electron chi connectivity index (χ0n) is 11.6. The predicted molar refractivity (Wildman–Crippen MR) is 75.6 cm³/mol. The molecule has 0 saturated heterocycles. The Morgan fingerprint density at radius 2 is 2.00 bits per heavy atom. The molecule has 3 heteroatoms. The zero-order chi connectivity index (χ0) is 13.7. The highest BCUT2D eigenvalue weighted by Crippen LogP contribution is 2.34. The van der Waals surface area contributed by atoms with Gasteiger partial charge in [-0.2, -0.15) is 0 Å². The van der Waals surface area contributed by atoms with Gasteiger partial charge in [0.05, 0.1) is 0 Å². The third-order valence-corrected chi connectivity index (χ3v) is 4.14. The van der Waals surface area contributed by atoms with E-state index in [1.807, 2.05) is 0 Å². The van der Waals surface area contributed by atoms with Crippen LogP contribution in [0.15, 0.2) is 24.3 Å². The maximum Gasteiger partial charge on any atom is 0.123 e. The molecule has 0 amide bonds. The molecule has 1 fully saturated rings. The Labute approximate surface area is 115 Å². The van der Waals surface area contributed by atoms with Gasteiger partial charge in [0.15, 0.2) is 0 Å². The van der Waals surface area contributed by atoms with Crippen molar-refractivity contribution in [3.05, 3.63) is 30.1 Å². The van der Waals surface area contributed by atoms with Gasteiger partial charge in [0.1, 0.15) is 17.7 Å². The van der Waals surface area contributed by atoms with Crippen LogP contribution in [0, 0.1) is 17.7 Å². The van der Waals surface area contributed by atoms with E-state index < -0.39 is 0 Å². The molecule has 106 valence electrons. The van der Waals surface area contributed by atoms with Crippen LogP contribution in [0.4, 0.5) is 4.39 Å². The van der Waals surface area contributed by atoms with E-state index in [4.69, 9.17) is 10.5 Å². The molecule has 0 spiro atoms. The summed E-state index contributed by atoms with van der Waals surface area (Å²) in [4.78, 5) is 0. The van der Waals surface area contributed by atoms with Crippen molar-refractivity contribution in [3.63, 3.8) is 0 Å². The second-order valence-corrected chi connectivity index (χ2v) is 5.57. The van der Waals surface area contributed by atoms with Crippen molar-refractivity contribution in [1.82, 2.24) is 0 Å². The van der Waals surface area contributed by atoms with E-state index in [-0.39, 0.29) is 11.9 Å². The van der Waals surface area contributed by atoms with E-state index in [1.54, 1.807) is 12.1 Å². The van der Waals surface area contributed by atoms with Crippen LogP contribution in [-0.2, 0) is 0 Å². The summed E-state index contributed by atoms with van der Waals surface area (Å²) in [5, 5.41) is 0. The third kappa shape index (κ3) is 3.93. The third-order valence-electron chi connectivity index (χ3n) is 4.14. The van der Waals surface area contributed by atoms with E-state index in [0.717, 1.165) is 24.5 Å². The molecule has 1 saturated carbocycles. The van der Waals surface area contributed by atoms with Crippen molar-refractivity contribution in [1.29, 1.82) is 0 Å². The number of ether oxygens (including phenoxy) is 1. The molecule has 2 rings (SSSR count). The van der Waals surface area contributed by atoms with Crippen LogP contribution in [0.5, 0.6) is 5.75 Å². The first-order chi connectivity index (χ1) is 9.22. The van der Waals surface area contributed by atoms with Crippen LogP contribution in [-0.4, -0.2) is 12.6 Å². The van der Waals surface area contributed by atoms with Gasteiger partial charge in [0.2, 0.25) is 0 Å². The maximum atomic E-state index is 12.9. The van der Waals surface area contributed by atoms with Gasteiger partial charge in [-0.05, 0) is 56.0 Å². The molecule has 2 N–H and O–H groups in total. The minimum absolute atomic E-state index is 0.181. The molecule has 19 heavy (non-hydrogen) atoms. The van der Waals surface area contributed by atoms with Crippen LogP contribution in [0.1, 0.15) is 39.0 Å². The van der Waals surface area contributed by atoms with Crippen LogP contribution in [0.3, 0.4) is 0 Å². The summed E-state index contributed by atoms with van der Waals surface area (Å²) in [6.07, 6.45) is 6.15. The number of hydrogen-bond acceptors (Lipinski definition) is 2. The number of hydrogen-bond donors (Lipinski definition) is 1. The summed E-state index contributed by atoms with van der Waals surface area (Å²) in [5.74, 6) is 1.70. The van der Waals surface area contributed by atoms with Crippen LogP contribution >= 0.6 is 0 Å². The van der Waals surface area contributed by atoms with Crippen molar-refractivity contribution < 1.29 is 9.13 Å². The predicted octanol–water partition coefficient (Wildman–Crippen LogP) is 3.75. The zero-order valence-corrected chi connectivity index (χ0v) is 11.6. The van der Waals surface area contributed by atoms with E-state index >= 15 is 0 Å². The molecule has 1 aromatic rings. The van der Waals surface area contributed by atoms with Crippen LogP contribution < -0.4 is 10.5 Å². The second-order valence-electron chi connectivity index (χ2n) is 5.57. The lowest BCUT2D eigenvalue weighted by atomic mass is 9.78. The van der Waals surface area contributed by atoms with Gasteiger partial charge >= 0.3 is 0 Å². The van der Waals surface area contributed by atoms with Gasteiger partial charge in [0, 0.05) is 5.92 Å². The topological polar surface area (TPSA) is 35.2 Å². The number of rotatable bonds is 5. The quantitative estimate of drug-likeness (QED) is 0.880. The fraction of sp³-hybridized carbons (Fsp3) is 0.625.